The van der Waals surface area contributed by atoms with Gasteiger partial charge >= 0.3 is 0 Å². The molecular weight excluding hydrogens is 244 g/mol. The summed E-state index contributed by atoms with van der Waals surface area (Å²) in [7, 11) is 0. The number of hydrogen-bond donors (Lipinski definition) is 2. The highest BCUT2D eigenvalue weighted by Crippen LogP contribution is 2.23. The van der Waals surface area contributed by atoms with Crippen LogP contribution >= 0.6 is 0 Å². The van der Waals surface area contributed by atoms with Crippen LogP contribution in [-0.2, 0) is 0 Å². The highest BCUT2D eigenvalue weighted by Gasteiger charge is 2.31. The molecule has 1 aliphatic rings. The van der Waals surface area contributed by atoms with E-state index < -0.39 is 0 Å². The average Bonchev–Trinajstić information content (AvgIpc) is 3.04. The number of H-pyrrole nitrogens is 1. The molecule has 1 aromatic rings. The van der Waals surface area contributed by atoms with Gasteiger partial charge in [-0.1, -0.05) is 13.8 Å². The highest BCUT2D eigenvalue weighted by atomic mass is 16.3. The Labute approximate surface area is 113 Å². The van der Waals surface area contributed by atoms with Gasteiger partial charge in [-0.05, 0) is 25.7 Å². The average molecular weight is 266 g/mol. The number of nitrogens with zero attached hydrogens (tertiary/aromatic N) is 3. The largest absolute Gasteiger partial charge is 0.396 e. The number of aliphatic hydroxyl groups excluding tert-OH is 1. The summed E-state index contributed by atoms with van der Waals surface area (Å²) in [4.78, 5) is 18.5. The lowest BCUT2D eigenvalue weighted by molar-refractivity contribution is 0.0712. The van der Waals surface area contributed by atoms with Crippen molar-refractivity contribution < 1.29 is 9.90 Å². The van der Waals surface area contributed by atoms with Crippen molar-refractivity contribution in [3.05, 3.63) is 11.6 Å². The molecule has 1 aromatic heterocycles. The lowest BCUT2D eigenvalue weighted by atomic mass is 10.1. The Morgan fingerprint density at radius 1 is 1.58 bits per heavy atom. The van der Waals surface area contributed by atoms with Gasteiger partial charge < -0.3 is 10.0 Å². The quantitative estimate of drug-likeness (QED) is 0.841. The molecule has 0 spiro atoms. The molecule has 0 bridgehead atoms. The van der Waals surface area contributed by atoms with Gasteiger partial charge in [0, 0.05) is 25.1 Å². The van der Waals surface area contributed by atoms with Crippen molar-refractivity contribution in [1.29, 1.82) is 0 Å². The zero-order valence-electron chi connectivity index (χ0n) is 11.6. The van der Waals surface area contributed by atoms with Crippen molar-refractivity contribution in [3.63, 3.8) is 0 Å². The fourth-order valence-electron chi connectivity index (χ4n) is 2.49. The molecule has 1 atom stereocenters. The first-order chi connectivity index (χ1) is 9.13. The predicted octanol–water partition coefficient (Wildman–Crippen LogP) is 1.31. The molecule has 6 heteroatoms. The molecule has 2 heterocycles. The summed E-state index contributed by atoms with van der Waals surface area (Å²) in [6, 6.07) is 0.223. The second-order valence-electron chi connectivity index (χ2n) is 5.36. The molecule has 0 saturated carbocycles. The SMILES string of the molecule is CC(C)c1nc(C(=O)N2CCCC2CCCO)n[nH]1. The van der Waals surface area contributed by atoms with Crippen molar-refractivity contribution in [3.8, 4) is 0 Å². The minimum absolute atomic E-state index is 0.0939. The Balaban J connectivity index is 2.04. The molecule has 2 N–H and O–H groups in total. The Bertz CT molecular complexity index is 430. The molecule has 0 aliphatic carbocycles. The second-order valence-corrected chi connectivity index (χ2v) is 5.36. The lowest BCUT2D eigenvalue weighted by Gasteiger charge is -2.23. The van der Waals surface area contributed by atoms with E-state index in [-0.39, 0.29) is 30.3 Å². The van der Waals surface area contributed by atoms with Crippen LogP contribution in [0.4, 0.5) is 0 Å². The number of carbonyl (C=O) groups is 1. The van der Waals surface area contributed by atoms with E-state index in [1.165, 1.54) is 0 Å². The number of hydrogen-bond acceptors (Lipinski definition) is 4. The molecule has 106 valence electrons. The topological polar surface area (TPSA) is 82.1 Å². The Morgan fingerprint density at radius 3 is 3.00 bits per heavy atom. The monoisotopic (exact) mass is 266 g/mol. The van der Waals surface area contributed by atoms with Crippen LogP contribution in [-0.4, -0.2) is 50.3 Å². The third kappa shape index (κ3) is 3.12. The van der Waals surface area contributed by atoms with Crippen LogP contribution in [0.3, 0.4) is 0 Å². The van der Waals surface area contributed by atoms with Crippen LogP contribution in [0.15, 0.2) is 0 Å². The van der Waals surface area contributed by atoms with Crippen molar-refractivity contribution >= 4 is 5.91 Å². The van der Waals surface area contributed by atoms with Crippen molar-refractivity contribution in [2.45, 2.75) is 51.5 Å². The smallest absolute Gasteiger partial charge is 0.293 e. The number of aromatic amines is 1. The first-order valence-corrected chi connectivity index (χ1v) is 6.97. The van der Waals surface area contributed by atoms with Crippen LogP contribution < -0.4 is 0 Å². The summed E-state index contributed by atoms with van der Waals surface area (Å²) in [6.45, 7) is 4.96. The van der Waals surface area contributed by atoms with E-state index in [0.717, 1.165) is 38.1 Å². The molecule has 1 unspecified atom stereocenters. The van der Waals surface area contributed by atoms with Crippen LogP contribution in [0.5, 0.6) is 0 Å². The standard InChI is InChI=1S/C13H22N4O2/c1-9(2)11-14-12(16-15-11)13(19)17-7-3-5-10(17)6-4-8-18/h9-10,18H,3-8H2,1-2H3,(H,14,15,16). The third-order valence-corrected chi connectivity index (χ3v) is 3.57. The number of aliphatic hydroxyl groups is 1. The van der Waals surface area contributed by atoms with Gasteiger partial charge in [0.1, 0.15) is 5.82 Å². The van der Waals surface area contributed by atoms with Crippen LogP contribution in [0.1, 0.15) is 61.9 Å². The van der Waals surface area contributed by atoms with Crippen LogP contribution in [0.25, 0.3) is 0 Å². The number of likely N-dealkylation sites (tertiary alicyclic amines) is 1. The number of aromatic nitrogens is 3. The van der Waals surface area contributed by atoms with E-state index in [4.69, 9.17) is 5.11 Å². The van der Waals surface area contributed by atoms with E-state index in [1.54, 1.807) is 0 Å². The first kappa shape index (κ1) is 14.0. The minimum atomic E-state index is -0.0939. The van der Waals surface area contributed by atoms with Gasteiger partial charge in [0.2, 0.25) is 5.82 Å². The Kier molecular flexibility index (Phi) is 4.52. The maximum absolute atomic E-state index is 12.4. The second kappa shape index (κ2) is 6.14. The normalized spacial score (nSPS) is 19.4. The van der Waals surface area contributed by atoms with Crippen molar-refractivity contribution in [1.82, 2.24) is 20.1 Å². The van der Waals surface area contributed by atoms with Gasteiger partial charge in [-0.2, -0.15) is 0 Å². The number of rotatable bonds is 5. The van der Waals surface area contributed by atoms with E-state index in [0.29, 0.717) is 0 Å². The zero-order chi connectivity index (χ0) is 13.8. The van der Waals surface area contributed by atoms with E-state index in [1.807, 2.05) is 18.7 Å². The summed E-state index contributed by atoms with van der Waals surface area (Å²) in [6.07, 6.45) is 3.61. The number of amides is 1. The summed E-state index contributed by atoms with van der Waals surface area (Å²) in [5, 5.41) is 15.7. The molecule has 6 nitrogen and oxygen atoms in total. The van der Waals surface area contributed by atoms with Crippen LogP contribution in [0.2, 0.25) is 0 Å². The Hall–Kier alpha value is -1.43. The highest BCUT2D eigenvalue weighted by molar-refractivity contribution is 5.90. The number of nitrogens with one attached hydrogen (secondary N) is 1. The third-order valence-electron chi connectivity index (χ3n) is 3.57. The first-order valence-electron chi connectivity index (χ1n) is 6.97. The van der Waals surface area contributed by atoms with Gasteiger partial charge in [-0.3, -0.25) is 9.89 Å². The van der Waals surface area contributed by atoms with Gasteiger partial charge in [-0.15, -0.1) is 5.10 Å². The van der Waals surface area contributed by atoms with Gasteiger partial charge in [0.25, 0.3) is 5.91 Å². The molecule has 19 heavy (non-hydrogen) atoms. The maximum Gasteiger partial charge on any atom is 0.293 e. The molecule has 1 aliphatic heterocycles. The fraction of sp³-hybridized carbons (Fsp3) is 0.769. The molecular formula is C13H22N4O2. The van der Waals surface area contributed by atoms with Crippen molar-refractivity contribution in [2.24, 2.45) is 0 Å². The Morgan fingerprint density at radius 2 is 2.37 bits per heavy atom. The zero-order valence-corrected chi connectivity index (χ0v) is 11.6. The van der Waals surface area contributed by atoms with Crippen LogP contribution in [0, 0.1) is 0 Å². The van der Waals surface area contributed by atoms with E-state index in [9.17, 15) is 4.79 Å². The molecule has 0 aromatic carbocycles. The van der Waals surface area contributed by atoms with Gasteiger partial charge in [-0.25, -0.2) is 4.98 Å². The van der Waals surface area contributed by atoms with E-state index in [2.05, 4.69) is 15.2 Å². The summed E-state index contributed by atoms with van der Waals surface area (Å²) >= 11 is 0. The lowest BCUT2D eigenvalue weighted by Crippen LogP contribution is -2.36. The van der Waals surface area contributed by atoms with Gasteiger partial charge in [0.15, 0.2) is 0 Å². The maximum atomic E-state index is 12.4. The van der Waals surface area contributed by atoms with E-state index >= 15 is 0 Å². The summed E-state index contributed by atoms with van der Waals surface area (Å²) in [5.74, 6) is 1.15. The molecule has 1 saturated heterocycles. The summed E-state index contributed by atoms with van der Waals surface area (Å²) in [5.41, 5.74) is 0. The van der Waals surface area contributed by atoms with Gasteiger partial charge in [0.05, 0.1) is 0 Å². The molecule has 0 radical (unpaired) electrons. The number of carbonyl (C=O) groups excluding carboxylic acids is 1. The summed E-state index contributed by atoms with van der Waals surface area (Å²) < 4.78 is 0. The molecule has 1 amide bonds. The molecule has 2 rings (SSSR count). The minimum Gasteiger partial charge on any atom is -0.396 e. The predicted molar refractivity (Wildman–Crippen MR) is 70.9 cm³/mol. The molecule has 1 fully saturated rings. The fourth-order valence-corrected chi connectivity index (χ4v) is 2.49. The van der Waals surface area contributed by atoms with Crippen molar-refractivity contribution in [2.75, 3.05) is 13.2 Å².